The number of amides is 1. The molecule has 1 fully saturated rings. The molecule has 2 unspecified atom stereocenters. The number of fused-ring (bicyclic) bond motifs is 1. The summed E-state index contributed by atoms with van der Waals surface area (Å²) in [6, 6.07) is 4.37. The number of hydrogen-bond acceptors (Lipinski definition) is 8. The topological polar surface area (TPSA) is 127 Å². The summed E-state index contributed by atoms with van der Waals surface area (Å²) < 4.78 is 70.5. The highest BCUT2D eigenvalue weighted by atomic mass is 35.5. The number of halogens is 4. The van der Waals surface area contributed by atoms with Crippen LogP contribution in [-0.4, -0.2) is 48.7 Å². The predicted octanol–water partition coefficient (Wildman–Crippen LogP) is 2.60. The Morgan fingerprint density at radius 2 is 2.16 bits per heavy atom. The van der Waals surface area contributed by atoms with Crippen LogP contribution in [0.15, 0.2) is 29.3 Å². The van der Waals surface area contributed by atoms with Gasteiger partial charge in [-0.2, -0.15) is 13.2 Å². The molecular weight excluding hydrogens is 495 g/mol. The molecule has 1 saturated heterocycles. The Balaban J connectivity index is 1.69. The van der Waals surface area contributed by atoms with Crippen molar-refractivity contribution in [1.82, 2.24) is 9.29 Å². The maximum atomic E-state index is 12.9. The van der Waals surface area contributed by atoms with E-state index < -0.39 is 38.8 Å². The summed E-state index contributed by atoms with van der Waals surface area (Å²) in [4.78, 5) is 20.7. The van der Waals surface area contributed by atoms with Crippen molar-refractivity contribution in [3.8, 4) is 0 Å². The molecule has 4 heterocycles. The number of thiophene rings is 1. The third-order valence-electron chi connectivity index (χ3n) is 5.02. The number of nitrogens with two attached hydrogens (primary N) is 1. The van der Waals surface area contributed by atoms with E-state index in [9.17, 15) is 26.4 Å². The van der Waals surface area contributed by atoms with Crippen molar-refractivity contribution < 1.29 is 31.1 Å². The first-order valence-corrected chi connectivity index (χ1v) is 11.7. The zero-order valence-electron chi connectivity index (χ0n) is 16.2. The second-order valence-electron chi connectivity index (χ2n) is 7.01. The lowest BCUT2D eigenvalue weighted by molar-refractivity contribution is -0.141. The quantitative estimate of drug-likeness (QED) is 0.654. The van der Waals surface area contributed by atoms with E-state index in [1.165, 1.54) is 19.2 Å². The average molecular weight is 510 g/mol. The summed E-state index contributed by atoms with van der Waals surface area (Å²) >= 11 is 7.20. The second-order valence-corrected chi connectivity index (χ2v) is 10.5. The highest BCUT2D eigenvalue weighted by Gasteiger charge is 2.59. The minimum absolute atomic E-state index is 0.0225. The maximum absolute atomic E-state index is 12.9. The van der Waals surface area contributed by atoms with Crippen molar-refractivity contribution in [2.24, 2.45) is 10.7 Å². The van der Waals surface area contributed by atoms with Gasteiger partial charge in [-0.3, -0.25) is 4.79 Å². The molecule has 0 radical (unpaired) electrons. The summed E-state index contributed by atoms with van der Waals surface area (Å²) in [7, 11) is -2.76. The minimum Gasteiger partial charge on any atom is -0.369 e. The van der Waals surface area contributed by atoms with Crippen LogP contribution in [0, 0.1) is 0 Å². The van der Waals surface area contributed by atoms with Gasteiger partial charge >= 0.3 is 6.18 Å². The van der Waals surface area contributed by atoms with Gasteiger partial charge in [0.1, 0.15) is 17.1 Å². The Kier molecular flexibility index (Phi) is 5.39. The number of anilines is 1. The molecule has 0 bridgehead atoms. The number of sulfonamides is 1. The van der Waals surface area contributed by atoms with Crippen LogP contribution in [0.1, 0.15) is 26.7 Å². The van der Waals surface area contributed by atoms with Crippen LogP contribution < -0.4 is 11.1 Å². The van der Waals surface area contributed by atoms with E-state index in [1.807, 2.05) is 0 Å². The van der Waals surface area contributed by atoms with Gasteiger partial charge in [0, 0.05) is 13.5 Å². The number of rotatable bonds is 3. The molecule has 15 heteroatoms. The molecule has 0 saturated carbocycles. The number of alkyl halides is 3. The Labute approximate surface area is 189 Å². The molecule has 0 aliphatic carbocycles. The van der Waals surface area contributed by atoms with Gasteiger partial charge in [0.25, 0.3) is 15.9 Å². The number of carbonyl (C=O) groups is 1. The SMILES string of the molecule is CN1C(N)=NC2(c3sc(C(=O)Nc4cccc(C(F)(F)F)n4)cc3Cl)CCOC2S1(=O)=O. The molecule has 2 atom stereocenters. The lowest BCUT2D eigenvalue weighted by Gasteiger charge is -2.37. The largest absolute Gasteiger partial charge is 0.433 e. The molecule has 9 nitrogen and oxygen atoms in total. The van der Waals surface area contributed by atoms with E-state index >= 15 is 0 Å². The van der Waals surface area contributed by atoms with Crippen LogP contribution in [0.3, 0.4) is 0 Å². The zero-order chi connectivity index (χ0) is 23.5. The fourth-order valence-corrected chi connectivity index (χ4v) is 6.75. The van der Waals surface area contributed by atoms with Crippen molar-refractivity contribution in [1.29, 1.82) is 0 Å². The molecule has 0 aromatic carbocycles. The molecule has 1 amide bonds. The highest BCUT2D eigenvalue weighted by Crippen LogP contribution is 2.50. The van der Waals surface area contributed by atoms with Crippen LogP contribution in [0.5, 0.6) is 0 Å². The zero-order valence-corrected chi connectivity index (χ0v) is 18.6. The monoisotopic (exact) mass is 509 g/mol. The Bertz CT molecular complexity index is 1230. The lowest BCUT2D eigenvalue weighted by Crippen LogP contribution is -2.55. The van der Waals surface area contributed by atoms with Gasteiger partial charge in [-0.1, -0.05) is 17.7 Å². The van der Waals surface area contributed by atoms with Crippen LogP contribution >= 0.6 is 22.9 Å². The number of carbonyl (C=O) groups excluding carboxylic acids is 1. The van der Waals surface area contributed by atoms with E-state index in [-0.39, 0.29) is 39.6 Å². The van der Waals surface area contributed by atoms with Crippen molar-refractivity contribution in [3.63, 3.8) is 0 Å². The summed E-state index contributed by atoms with van der Waals surface area (Å²) in [6.45, 7) is 0.0679. The Hall–Kier alpha value is -2.42. The van der Waals surface area contributed by atoms with Crippen molar-refractivity contribution in [3.05, 3.63) is 44.7 Å². The summed E-state index contributed by atoms with van der Waals surface area (Å²) in [6.07, 6.45) is -4.52. The first kappa shape index (κ1) is 22.8. The van der Waals surface area contributed by atoms with Gasteiger partial charge in [0.05, 0.1) is 21.4 Å². The van der Waals surface area contributed by atoms with Crippen LogP contribution in [0.25, 0.3) is 0 Å². The number of nitrogens with one attached hydrogen (secondary N) is 1. The van der Waals surface area contributed by atoms with E-state index in [0.29, 0.717) is 0 Å². The van der Waals surface area contributed by atoms with Gasteiger partial charge in [0.2, 0.25) is 11.4 Å². The number of pyridine rings is 1. The molecule has 2 aromatic heterocycles. The molecular formula is C17H15ClF3N5O4S2. The van der Waals surface area contributed by atoms with Gasteiger partial charge in [0.15, 0.2) is 0 Å². The molecule has 2 aromatic rings. The third kappa shape index (κ3) is 3.60. The van der Waals surface area contributed by atoms with Crippen molar-refractivity contribution >= 4 is 50.6 Å². The third-order valence-corrected chi connectivity index (χ3v) is 8.74. The number of guanidine groups is 1. The number of nitrogens with zero attached hydrogens (tertiary/aromatic N) is 3. The molecule has 2 aliphatic rings. The highest BCUT2D eigenvalue weighted by molar-refractivity contribution is 7.90. The van der Waals surface area contributed by atoms with Crippen molar-refractivity contribution in [2.75, 3.05) is 19.0 Å². The van der Waals surface area contributed by atoms with Gasteiger partial charge in [-0.15, -0.1) is 11.3 Å². The fraction of sp³-hybridized carbons (Fsp3) is 0.353. The second kappa shape index (κ2) is 7.57. The Morgan fingerprint density at radius 1 is 1.44 bits per heavy atom. The predicted molar refractivity (Wildman–Crippen MR) is 111 cm³/mol. The normalized spacial score (nSPS) is 24.7. The van der Waals surface area contributed by atoms with E-state index in [0.717, 1.165) is 27.8 Å². The van der Waals surface area contributed by atoms with E-state index in [2.05, 4.69) is 15.3 Å². The number of aromatic nitrogens is 1. The standard InChI is InChI=1S/C17H15ClF3N5O4S2/c1-26-15(22)25-16(5-6-30-14(16)32(26,28)29)12-8(18)7-9(31-12)13(27)24-11-4-2-3-10(23-11)17(19,20)21/h2-4,7,14H,5-6H2,1H3,(H2,22,25)(H,23,24,27). The molecule has 172 valence electrons. The Morgan fingerprint density at radius 3 is 2.84 bits per heavy atom. The average Bonchev–Trinajstić information content (AvgIpc) is 3.31. The first-order valence-electron chi connectivity index (χ1n) is 8.96. The number of aliphatic imine (C=N–C) groups is 1. The van der Waals surface area contributed by atoms with Gasteiger partial charge in [-0.05, 0) is 18.2 Å². The number of hydrogen-bond donors (Lipinski definition) is 2. The molecule has 4 rings (SSSR count). The maximum Gasteiger partial charge on any atom is 0.433 e. The van der Waals surface area contributed by atoms with Crippen molar-refractivity contribution in [2.45, 2.75) is 23.6 Å². The van der Waals surface area contributed by atoms with Crippen LogP contribution in [-0.2, 0) is 26.5 Å². The molecule has 3 N–H and O–H groups in total. The number of ether oxygens (including phenoxy) is 1. The summed E-state index contributed by atoms with van der Waals surface area (Å²) in [5, 5.41) is 2.35. The molecule has 0 spiro atoms. The minimum atomic E-state index is -4.67. The first-order chi connectivity index (χ1) is 14.9. The summed E-state index contributed by atoms with van der Waals surface area (Å²) in [5.74, 6) is -1.33. The van der Waals surface area contributed by atoms with Gasteiger partial charge in [-0.25, -0.2) is 22.7 Å². The lowest BCUT2D eigenvalue weighted by atomic mass is 9.97. The molecule has 2 aliphatic heterocycles. The smallest absolute Gasteiger partial charge is 0.369 e. The molecule has 32 heavy (non-hydrogen) atoms. The van der Waals surface area contributed by atoms with Crippen LogP contribution in [0.4, 0.5) is 19.0 Å². The summed E-state index contributed by atoms with van der Waals surface area (Å²) in [5.41, 5.74) is 1.84. The van der Waals surface area contributed by atoms with E-state index in [4.69, 9.17) is 22.1 Å². The van der Waals surface area contributed by atoms with E-state index in [1.54, 1.807) is 0 Å². The fourth-order valence-electron chi connectivity index (χ4n) is 3.45. The van der Waals surface area contributed by atoms with Gasteiger partial charge < -0.3 is 15.8 Å². The van der Waals surface area contributed by atoms with Crippen LogP contribution in [0.2, 0.25) is 5.02 Å².